The molecule has 3 N–H and O–H groups in total. The van der Waals surface area contributed by atoms with Gasteiger partial charge in [-0.3, -0.25) is 18.9 Å². The van der Waals surface area contributed by atoms with Gasteiger partial charge >= 0.3 is 6.03 Å². The van der Waals surface area contributed by atoms with Crippen molar-refractivity contribution in [1.29, 1.82) is 0 Å². The molecule has 5 rings (SSSR count). The summed E-state index contributed by atoms with van der Waals surface area (Å²) in [6.07, 6.45) is 4.09. The first-order valence-corrected chi connectivity index (χ1v) is 10.8. The number of pyridine rings is 1. The summed E-state index contributed by atoms with van der Waals surface area (Å²) in [7, 11) is 0. The molecule has 1 aliphatic heterocycles. The summed E-state index contributed by atoms with van der Waals surface area (Å²) in [5.41, 5.74) is 2.72. The fourth-order valence-corrected chi connectivity index (χ4v) is 4.20. The topological polar surface area (TPSA) is 124 Å². The van der Waals surface area contributed by atoms with Crippen LogP contribution in [-0.2, 0) is 16.0 Å². The highest BCUT2D eigenvalue weighted by Crippen LogP contribution is 2.20. The van der Waals surface area contributed by atoms with Crippen molar-refractivity contribution in [2.75, 3.05) is 6.54 Å². The molecule has 4 aromatic rings. The van der Waals surface area contributed by atoms with Gasteiger partial charge in [0.2, 0.25) is 5.91 Å². The first kappa shape index (κ1) is 20.7. The van der Waals surface area contributed by atoms with Crippen LogP contribution < -0.4 is 10.6 Å². The summed E-state index contributed by atoms with van der Waals surface area (Å²) in [6, 6.07) is 11.6. The third-order valence-corrected chi connectivity index (χ3v) is 5.88. The van der Waals surface area contributed by atoms with E-state index in [0.717, 1.165) is 16.5 Å². The molecule has 3 aromatic heterocycles. The lowest BCUT2D eigenvalue weighted by atomic mass is 10.1. The van der Waals surface area contributed by atoms with Crippen molar-refractivity contribution in [3.05, 3.63) is 66.2 Å². The number of amides is 4. The number of nitrogens with zero attached hydrogens (tertiary/aromatic N) is 4. The van der Waals surface area contributed by atoms with E-state index < -0.39 is 24.0 Å². The number of aromatic nitrogens is 4. The largest absolute Gasteiger partial charge is 0.361 e. The molecule has 1 saturated heterocycles. The number of nitrogens with one attached hydrogen (secondary N) is 3. The Morgan fingerprint density at radius 1 is 1.15 bits per heavy atom. The van der Waals surface area contributed by atoms with Gasteiger partial charge in [0.25, 0.3) is 5.91 Å². The Bertz CT molecular complexity index is 1360. The van der Waals surface area contributed by atoms with Crippen LogP contribution in [0.3, 0.4) is 0 Å². The van der Waals surface area contributed by atoms with Gasteiger partial charge in [-0.05, 0) is 37.1 Å². The zero-order valence-electron chi connectivity index (χ0n) is 18.0. The first-order chi connectivity index (χ1) is 16.0. The lowest BCUT2D eigenvalue weighted by Gasteiger charge is -2.15. The molecule has 0 radical (unpaired) electrons. The van der Waals surface area contributed by atoms with E-state index in [1.807, 2.05) is 54.9 Å². The third-order valence-electron chi connectivity index (χ3n) is 5.88. The average molecular weight is 445 g/mol. The van der Waals surface area contributed by atoms with Crippen LogP contribution in [0.25, 0.3) is 16.6 Å². The van der Waals surface area contributed by atoms with Crippen molar-refractivity contribution in [3.8, 4) is 0 Å². The summed E-state index contributed by atoms with van der Waals surface area (Å²) in [6.45, 7) is 2.04. The molecule has 0 saturated carbocycles. The van der Waals surface area contributed by atoms with Gasteiger partial charge < -0.3 is 15.6 Å². The number of rotatable bonds is 7. The van der Waals surface area contributed by atoms with E-state index in [1.54, 1.807) is 11.3 Å². The van der Waals surface area contributed by atoms with Crippen molar-refractivity contribution in [2.45, 2.75) is 31.8 Å². The monoisotopic (exact) mass is 445 g/mol. The van der Waals surface area contributed by atoms with Crippen LogP contribution in [0.5, 0.6) is 0 Å². The Morgan fingerprint density at radius 3 is 2.85 bits per heavy atom. The minimum absolute atomic E-state index is 0.144. The van der Waals surface area contributed by atoms with Gasteiger partial charge in [-0.2, -0.15) is 0 Å². The van der Waals surface area contributed by atoms with Crippen molar-refractivity contribution in [2.24, 2.45) is 0 Å². The number of fused-ring (bicyclic) bond motifs is 2. The number of urea groups is 1. The number of carbonyl (C=O) groups excluding carboxylic acids is 3. The Hall–Kier alpha value is -4.21. The van der Waals surface area contributed by atoms with Gasteiger partial charge in [0.05, 0.1) is 12.5 Å². The molecule has 4 heterocycles. The second-order valence-corrected chi connectivity index (χ2v) is 8.08. The summed E-state index contributed by atoms with van der Waals surface area (Å²) in [5, 5.41) is 14.8. The average Bonchev–Trinajstić information content (AvgIpc) is 3.49. The molecule has 2 atom stereocenters. The SMILES string of the molecule is C[C@H](NC(=O)CC1NC(=O)N(CCc2c[nH]c3ccccc23)C1=O)c1nnc2ccccn12. The van der Waals surface area contributed by atoms with Crippen LogP contribution in [0, 0.1) is 0 Å². The molecule has 4 amide bonds. The number of para-hydroxylation sites is 1. The maximum absolute atomic E-state index is 12.8. The number of benzene rings is 1. The molecule has 168 valence electrons. The van der Waals surface area contributed by atoms with Crippen LogP contribution >= 0.6 is 0 Å². The molecule has 1 aromatic carbocycles. The molecule has 1 unspecified atom stereocenters. The Morgan fingerprint density at radius 2 is 1.97 bits per heavy atom. The quantitative estimate of drug-likeness (QED) is 0.375. The number of hydrogen-bond acceptors (Lipinski definition) is 5. The lowest BCUT2D eigenvalue weighted by molar-refractivity contribution is -0.131. The zero-order valence-corrected chi connectivity index (χ0v) is 18.0. The Kier molecular flexibility index (Phi) is 5.25. The van der Waals surface area contributed by atoms with Crippen LogP contribution in [0.15, 0.2) is 54.9 Å². The van der Waals surface area contributed by atoms with E-state index in [0.29, 0.717) is 17.9 Å². The molecule has 10 nitrogen and oxygen atoms in total. The van der Waals surface area contributed by atoms with E-state index in [2.05, 4.69) is 25.8 Å². The fourth-order valence-electron chi connectivity index (χ4n) is 4.20. The maximum Gasteiger partial charge on any atom is 0.324 e. The number of hydrogen-bond donors (Lipinski definition) is 3. The minimum atomic E-state index is -0.886. The molecular formula is C23H23N7O3. The van der Waals surface area contributed by atoms with Crippen molar-refractivity contribution >= 4 is 34.4 Å². The van der Waals surface area contributed by atoms with Gasteiger partial charge in [0, 0.05) is 29.8 Å². The smallest absolute Gasteiger partial charge is 0.324 e. The normalized spacial score (nSPS) is 17.0. The van der Waals surface area contributed by atoms with Gasteiger partial charge in [-0.1, -0.05) is 24.3 Å². The second-order valence-electron chi connectivity index (χ2n) is 8.08. The third kappa shape index (κ3) is 3.91. The molecule has 1 aliphatic rings. The highest BCUT2D eigenvalue weighted by Gasteiger charge is 2.39. The lowest BCUT2D eigenvalue weighted by Crippen LogP contribution is -2.38. The van der Waals surface area contributed by atoms with Crippen LogP contribution in [-0.4, -0.2) is 54.9 Å². The zero-order chi connectivity index (χ0) is 22.9. The molecular weight excluding hydrogens is 422 g/mol. The summed E-state index contributed by atoms with van der Waals surface area (Å²) in [4.78, 5) is 42.1. The second kappa shape index (κ2) is 8.38. The molecule has 0 spiro atoms. The van der Waals surface area contributed by atoms with Crippen LogP contribution in [0.2, 0.25) is 0 Å². The van der Waals surface area contributed by atoms with E-state index >= 15 is 0 Å². The summed E-state index contributed by atoms with van der Waals surface area (Å²) in [5.74, 6) is -0.163. The van der Waals surface area contributed by atoms with E-state index in [4.69, 9.17) is 0 Å². The molecule has 33 heavy (non-hydrogen) atoms. The Labute approximate surface area is 189 Å². The van der Waals surface area contributed by atoms with E-state index in [9.17, 15) is 14.4 Å². The molecule has 1 fully saturated rings. The first-order valence-electron chi connectivity index (χ1n) is 10.8. The number of aromatic amines is 1. The maximum atomic E-state index is 12.8. The summed E-state index contributed by atoms with van der Waals surface area (Å²) >= 11 is 0. The van der Waals surface area contributed by atoms with Gasteiger partial charge in [0.15, 0.2) is 11.5 Å². The predicted molar refractivity (Wildman–Crippen MR) is 120 cm³/mol. The van der Waals surface area contributed by atoms with E-state index in [-0.39, 0.29) is 18.9 Å². The summed E-state index contributed by atoms with van der Waals surface area (Å²) < 4.78 is 1.79. The highest BCUT2D eigenvalue weighted by atomic mass is 16.2. The molecule has 10 heteroatoms. The number of H-pyrrole nitrogens is 1. The number of imide groups is 1. The van der Waals surface area contributed by atoms with Gasteiger partial charge in [-0.25, -0.2) is 4.79 Å². The van der Waals surface area contributed by atoms with Gasteiger partial charge in [0.1, 0.15) is 6.04 Å². The van der Waals surface area contributed by atoms with E-state index in [1.165, 1.54) is 4.90 Å². The standard InChI is InChI=1S/C23H23N7O3/c1-14(21-28-27-19-8-4-5-10-29(19)21)25-20(31)12-18-22(32)30(23(33)26-18)11-9-15-13-24-17-7-3-2-6-16(15)17/h2-8,10,13-14,18,24H,9,11-12H2,1H3,(H,25,31)(H,26,33)/t14-,18?/m0/s1. The Balaban J connectivity index is 1.19. The molecule has 0 aliphatic carbocycles. The van der Waals surface area contributed by atoms with Crippen molar-refractivity contribution in [1.82, 2.24) is 35.1 Å². The molecule has 0 bridgehead atoms. The van der Waals surface area contributed by atoms with Crippen molar-refractivity contribution < 1.29 is 14.4 Å². The van der Waals surface area contributed by atoms with Gasteiger partial charge in [-0.15, -0.1) is 10.2 Å². The van der Waals surface area contributed by atoms with Crippen LogP contribution in [0.1, 0.15) is 30.8 Å². The fraction of sp³-hybridized carbons (Fsp3) is 0.261. The number of carbonyl (C=O) groups is 3. The predicted octanol–water partition coefficient (Wildman–Crippen LogP) is 1.94. The van der Waals surface area contributed by atoms with Crippen molar-refractivity contribution in [3.63, 3.8) is 0 Å². The van der Waals surface area contributed by atoms with Crippen LogP contribution in [0.4, 0.5) is 4.79 Å². The highest BCUT2D eigenvalue weighted by molar-refractivity contribution is 6.05. The minimum Gasteiger partial charge on any atom is -0.361 e.